The molecule has 1 atom stereocenters. The summed E-state index contributed by atoms with van der Waals surface area (Å²) >= 11 is 0. The lowest BCUT2D eigenvalue weighted by molar-refractivity contribution is 0.663. The van der Waals surface area contributed by atoms with Gasteiger partial charge in [0.1, 0.15) is 0 Å². The lowest BCUT2D eigenvalue weighted by atomic mass is 9.92. The summed E-state index contributed by atoms with van der Waals surface area (Å²) in [6, 6.07) is 0. The van der Waals surface area contributed by atoms with E-state index < -0.39 is 0 Å². The summed E-state index contributed by atoms with van der Waals surface area (Å²) in [6.45, 7) is 22.2. The van der Waals surface area contributed by atoms with Gasteiger partial charge in [0, 0.05) is 0 Å². The smallest absolute Gasteiger partial charge is 0.0190 e. The molecule has 0 rings (SSSR count). The SMILES string of the molecule is C=C/C(CC)=C(\C=C)C(C)CC.CC.CC. The van der Waals surface area contributed by atoms with Crippen molar-refractivity contribution in [3.63, 3.8) is 0 Å². The molecule has 0 aromatic heterocycles. The van der Waals surface area contributed by atoms with E-state index in [2.05, 4.69) is 33.9 Å². The van der Waals surface area contributed by atoms with E-state index in [1.807, 2.05) is 39.8 Å². The van der Waals surface area contributed by atoms with Crippen molar-refractivity contribution in [3.05, 3.63) is 36.5 Å². The normalized spacial score (nSPS) is 11.9. The van der Waals surface area contributed by atoms with Crippen LogP contribution in [0.3, 0.4) is 0 Å². The second-order valence-electron chi connectivity index (χ2n) is 3.05. The molecule has 16 heavy (non-hydrogen) atoms. The van der Waals surface area contributed by atoms with Crippen molar-refractivity contribution in [2.45, 2.75) is 61.3 Å². The molecule has 0 amide bonds. The van der Waals surface area contributed by atoms with Gasteiger partial charge in [0.15, 0.2) is 0 Å². The van der Waals surface area contributed by atoms with E-state index in [1.165, 1.54) is 17.6 Å². The Morgan fingerprint density at radius 3 is 1.62 bits per heavy atom. The average molecular weight is 224 g/mol. The third kappa shape index (κ3) is 8.52. The summed E-state index contributed by atoms with van der Waals surface area (Å²) in [5, 5.41) is 0. The fourth-order valence-corrected chi connectivity index (χ4v) is 1.33. The van der Waals surface area contributed by atoms with Crippen LogP contribution in [-0.2, 0) is 0 Å². The molecule has 0 aromatic rings. The van der Waals surface area contributed by atoms with Gasteiger partial charge in [-0.3, -0.25) is 0 Å². The van der Waals surface area contributed by atoms with Gasteiger partial charge in [0.2, 0.25) is 0 Å². The Balaban J connectivity index is -0.000000376. The first-order valence-corrected chi connectivity index (χ1v) is 6.69. The number of hydrogen-bond donors (Lipinski definition) is 0. The molecule has 0 saturated heterocycles. The van der Waals surface area contributed by atoms with Crippen LogP contribution in [0.4, 0.5) is 0 Å². The van der Waals surface area contributed by atoms with E-state index in [4.69, 9.17) is 0 Å². The van der Waals surface area contributed by atoms with Crippen LogP contribution in [0.15, 0.2) is 36.5 Å². The Bertz CT molecular complexity index is 184. The van der Waals surface area contributed by atoms with Crippen LogP contribution in [0.2, 0.25) is 0 Å². The first-order valence-electron chi connectivity index (χ1n) is 6.69. The summed E-state index contributed by atoms with van der Waals surface area (Å²) in [5.74, 6) is 0.607. The van der Waals surface area contributed by atoms with Crippen molar-refractivity contribution in [1.82, 2.24) is 0 Å². The fraction of sp³-hybridized carbons (Fsp3) is 0.625. The largest absolute Gasteiger partial charge is 0.0988 e. The molecule has 0 heterocycles. The second-order valence-corrected chi connectivity index (χ2v) is 3.05. The van der Waals surface area contributed by atoms with Crippen LogP contribution in [0.5, 0.6) is 0 Å². The topological polar surface area (TPSA) is 0 Å². The van der Waals surface area contributed by atoms with Gasteiger partial charge in [-0.15, -0.1) is 0 Å². The van der Waals surface area contributed by atoms with Crippen LogP contribution in [0.1, 0.15) is 61.3 Å². The van der Waals surface area contributed by atoms with Crippen LogP contribution >= 0.6 is 0 Å². The molecule has 0 aromatic carbocycles. The summed E-state index contributed by atoms with van der Waals surface area (Å²) in [4.78, 5) is 0. The summed E-state index contributed by atoms with van der Waals surface area (Å²) in [6.07, 6.45) is 6.13. The highest BCUT2D eigenvalue weighted by atomic mass is 14.1. The van der Waals surface area contributed by atoms with Gasteiger partial charge in [-0.1, -0.05) is 73.8 Å². The highest BCUT2D eigenvalue weighted by Gasteiger charge is 2.05. The molecule has 0 fully saturated rings. The minimum atomic E-state index is 0.607. The molecule has 1 unspecified atom stereocenters. The highest BCUT2D eigenvalue weighted by molar-refractivity contribution is 5.32. The number of allylic oxidation sites excluding steroid dienone is 4. The van der Waals surface area contributed by atoms with E-state index >= 15 is 0 Å². The Kier molecular flexibility index (Phi) is 21.4. The maximum Gasteiger partial charge on any atom is -0.0190 e. The van der Waals surface area contributed by atoms with Gasteiger partial charge in [-0.05, 0) is 29.9 Å². The Morgan fingerprint density at radius 1 is 1.00 bits per heavy atom. The van der Waals surface area contributed by atoms with Crippen molar-refractivity contribution >= 4 is 0 Å². The molecule has 0 aliphatic heterocycles. The third-order valence-corrected chi connectivity index (χ3v) is 2.36. The third-order valence-electron chi connectivity index (χ3n) is 2.36. The number of hydrogen-bond acceptors (Lipinski definition) is 0. The van der Waals surface area contributed by atoms with Gasteiger partial charge >= 0.3 is 0 Å². The Labute approximate surface area is 104 Å². The molecule has 0 N–H and O–H groups in total. The van der Waals surface area contributed by atoms with Crippen LogP contribution in [0, 0.1) is 5.92 Å². The molecule has 0 aliphatic rings. The summed E-state index contributed by atoms with van der Waals surface area (Å²) in [7, 11) is 0. The van der Waals surface area contributed by atoms with Gasteiger partial charge in [0.25, 0.3) is 0 Å². The molecule has 0 heteroatoms. The van der Waals surface area contributed by atoms with E-state index in [0.717, 1.165) is 6.42 Å². The van der Waals surface area contributed by atoms with Crippen molar-refractivity contribution in [2.75, 3.05) is 0 Å². The van der Waals surface area contributed by atoms with E-state index in [-0.39, 0.29) is 0 Å². The Hall–Kier alpha value is -0.780. The molecular formula is C16H32. The zero-order valence-electron chi connectivity index (χ0n) is 12.6. The lowest BCUT2D eigenvalue weighted by Crippen LogP contribution is -1.98. The van der Waals surface area contributed by atoms with E-state index in [1.54, 1.807) is 0 Å². The van der Waals surface area contributed by atoms with Crippen molar-refractivity contribution in [2.24, 2.45) is 5.92 Å². The van der Waals surface area contributed by atoms with Gasteiger partial charge in [-0.2, -0.15) is 0 Å². The summed E-state index contributed by atoms with van der Waals surface area (Å²) < 4.78 is 0. The van der Waals surface area contributed by atoms with Gasteiger partial charge in [0.05, 0.1) is 0 Å². The predicted octanol–water partition coefficient (Wildman–Crippen LogP) is 6.16. The maximum absolute atomic E-state index is 3.84. The van der Waals surface area contributed by atoms with Gasteiger partial charge < -0.3 is 0 Å². The maximum atomic E-state index is 3.84. The molecule has 0 aliphatic carbocycles. The van der Waals surface area contributed by atoms with E-state index in [9.17, 15) is 0 Å². The minimum Gasteiger partial charge on any atom is -0.0988 e. The van der Waals surface area contributed by atoms with E-state index in [0.29, 0.717) is 5.92 Å². The van der Waals surface area contributed by atoms with Crippen molar-refractivity contribution in [3.8, 4) is 0 Å². The zero-order chi connectivity index (χ0) is 13.6. The molecule has 0 saturated carbocycles. The van der Waals surface area contributed by atoms with Crippen molar-refractivity contribution in [1.29, 1.82) is 0 Å². The Morgan fingerprint density at radius 2 is 1.44 bits per heavy atom. The molecule has 0 spiro atoms. The molecular weight excluding hydrogens is 192 g/mol. The molecule has 0 nitrogen and oxygen atoms in total. The molecule has 0 radical (unpaired) electrons. The first-order chi connectivity index (χ1) is 7.71. The van der Waals surface area contributed by atoms with Crippen LogP contribution in [0.25, 0.3) is 0 Å². The zero-order valence-corrected chi connectivity index (χ0v) is 12.6. The first kappa shape index (κ1) is 20.6. The molecule has 0 bridgehead atoms. The predicted molar refractivity (Wildman–Crippen MR) is 79.9 cm³/mol. The van der Waals surface area contributed by atoms with Crippen molar-refractivity contribution < 1.29 is 0 Å². The summed E-state index contributed by atoms with van der Waals surface area (Å²) in [5.41, 5.74) is 2.69. The van der Waals surface area contributed by atoms with Gasteiger partial charge in [-0.25, -0.2) is 0 Å². The lowest BCUT2D eigenvalue weighted by Gasteiger charge is -2.13. The molecule has 96 valence electrons. The minimum absolute atomic E-state index is 0.607. The standard InChI is InChI=1S/C12H20.2C2H6/c1-6-10(5)12(9-4)11(7-2)8-3;2*1-2/h7,9-10H,2,4,6,8H2,1,3,5H3;2*1-2H3/b12-11-;;. The quantitative estimate of drug-likeness (QED) is 0.490. The highest BCUT2D eigenvalue weighted by Crippen LogP contribution is 2.21. The number of rotatable bonds is 5. The second kappa shape index (κ2) is 16.6. The average Bonchev–Trinajstić information content (AvgIpc) is 2.39. The van der Waals surface area contributed by atoms with Crippen LogP contribution in [-0.4, -0.2) is 0 Å². The van der Waals surface area contributed by atoms with Crippen LogP contribution < -0.4 is 0 Å². The monoisotopic (exact) mass is 224 g/mol. The fourth-order valence-electron chi connectivity index (χ4n) is 1.33.